The summed E-state index contributed by atoms with van der Waals surface area (Å²) in [6.07, 6.45) is 5.93. The van der Waals surface area contributed by atoms with Crippen LogP contribution in [0.25, 0.3) is 11.6 Å². The number of nitrogens with one attached hydrogen (secondary N) is 2. The number of hydrogen-bond acceptors (Lipinski definition) is 5. The van der Waals surface area contributed by atoms with Crippen LogP contribution in [0, 0.1) is 5.92 Å². The van der Waals surface area contributed by atoms with Crippen LogP contribution < -0.4 is 5.32 Å². The lowest BCUT2D eigenvalue weighted by atomic mass is 9.97. The molecule has 1 atom stereocenters. The van der Waals surface area contributed by atoms with Crippen LogP contribution in [0.2, 0.25) is 0 Å². The van der Waals surface area contributed by atoms with Crippen molar-refractivity contribution in [2.75, 3.05) is 19.8 Å². The summed E-state index contributed by atoms with van der Waals surface area (Å²) in [6, 6.07) is 3.60. The normalized spacial score (nSPS) is 18.0. The molecule has 3 heterocycles. The van der Waals surface area contributed by atoms with Crippen molar-refractivity contribution in [1.82, 2.24) is 20.5 Å². The van der Waals surface area contributed by atoms with E-state index in [1.165, 1.54) is 6.42 Å². The lowest BCUT2D eigenvalue weighted by Gasteiger charge is -2.21. The number of aromatic amines is 1. The molecule has 1 aliphatic heterocycles. The van der Waals surface area contributed by atoms with Crippen molar-refractivity contribution in [3.8, 4) is 11.6 Å². The third-order valence-corrected chi connectivity index (χ3v) is 3.99. The van der Waals surface area contributed by atoms with E-state index < -0.39 is 0 Å². The molecule has 1 fully saturated rings. The van der Waals surface area contributed by atoms with Crippen LogP contribution in [-0.2, 0) is 16.0 Å². The first-order valence-electron chi connectivity index (χ1n) is 8.11. The molecule has 1 unspecified atom stereocenters. The average Bonchev–Trinajstić information content (AvgIpc) is 3.25. The van der Waals surface area contributed by atoms with Gasteiger partial charge in [-0.25, -0.2) is 4.98 Å². The van der Waals surface area contributed by atoms with Crippen LogP contribution in [0.5, 0.6) is 0 Å². The second kappa shape index (κ2) is 7.92. The molecule has 7 heteroatoms. The predicted molar refractivity (Wildman–Crippen MR) is 83.6 cm³/mol. The molecule has 0 spiro atoms. The molecule has 2 aromatic rings. The predicted octanol–water partition coefficient (Wildman–Crippen LogP) is 1.93. The zero-order valence-corrected chi connectivity index (χ0v) is 13.1. The van der Waals surface area contributed by atoms with E-state index in [0.29, 0.717) is 36.9 Å². The van der Waals surface area contributed by atoms with Crippen molar-refractivity contribution in [3.63, 3.8) is 0 Å². The number of ether oxygens (including phenoxy) is 1. The van der Waals surface area contributed by atoms with Crippen LogP contribution >= 0.6 is 0 Å². The summed E-state index contributed by atoms with van der Waals surface area (Å²) in [5.74, 6) is 2.51. The van der Waals surface area contributed by atoms with Gasteiger partial charge in [-0.3, -0.25) is 9.89 Å². The number of rotatable bonds is 7. The molecule has 3 rings (SSSR count). The summed E-state index contributed by atoms with van der Waals surface area (Å²) in [7, 11) is 0. The molecular weight excluding hydrogens is 296 g/mol. The minimum absolute atomic E-state index is 0.0846. The van der Waals surface area contributed by atoms with Crippen LogP contribution in [-0.4, -0.2) is 40.8 Å². The van der Waals surface area contributed by atoms with Gasteiger partial charge in [0.15, 0.2) is 5.76 Å². The largest absolute Gasteiger partial charge is 0.461 e. The molecule has 0 saturated carbocycles. The van der Waals surface area contributed by atoms with Crippen LogP contribution in [0.4, 0.5) is 0 Å². The fourth-order valence-electron chi connectivity index (χ4n) is 2.70. The SMILES string of the molecule is O=C(CCC1CCCOC1)NCCc1nc(-c2ccco2)n[nH]1. The summed E-state index contributed by atoms with van der Waals surface area (Å²) >= 11 is 0. The van der Waals surface area contributed by atoms with E-state index in [9.17, 15) is 4.79 Å². The van der Waals surface area contributed by atoms with Crippen molar-refractivity contribution in [3.05, 3.63) is 24.2 Å². The second-order valence-corrected chi connectivity index (χ2v) is 5.80. The van der Waals surface area contributed by atoms with Crippen molar-refractivity contribution < 1.29 is 13.9 Å². The lowest BCUT2D eigenvalue weighted by molar-refractivity contribution is -0.121. The number of carbonyl (C=O) groups excluding carboxylic acids is 1. The van der Waals surface area contributed by atoms with Gasteiger partial charge in [-0.05, 0) is 37.3 Å². The maximum Gasteiger partial charge on any atom is 0.220 e. The van der Waals surface area contributed by atoms with Crippen molar-refractivity contribution in [2.24, 2.45) is 5.92 Å². The Hall–Kier alpha value is -2.15. The standard InChI is InChI=1S/C16H22N4O3/c21-15(6-5-12-3-1-9-22-11-12)17-8-7-14-18-16(20-19-14)13-4-2-10-23-13/h2,4,10,12H,1,3,5-9,11H2,(H,17,21)(H,18,19,20). The Morgan fingerprint density at radius 1 is 1.48 bits per heavy atom. The van der Waals surface area contributed by atoms with Crippen molar-refractivity contribution in [2.45, 2.75) is 32.1 Å². The minimum Gasteiger partial charge on any atom is -0.461 e. The van der Waals surface area contributed by atoms with Crippen molar-refractivity contribution >= 4 is 5.91 Å². The van der Waals surface area contributed by atoms with Crippen LogP contribution in [0.15, 0.2) is 22.8 Å². The number of carbonyl (C=O) groups is 1. The number of H-pyrrole nitrogens is 1. The zero-order valence-electron chi connectivity index (χ0n) is 13.1. The number of nitrogens with zero attached hydrogens (tertiary/aromatic N) is 2. The molecule has 0 aromatic carbocycles. The highest BCUT2D eigenvalue weighted by molar-refractivity contribution is 5.75. The molecule has 2 N–H and O–H groups in total. The topological polar surface area (TPSA) is 93.0 Å². The van der Waals surface area contributed by atoms with E-state index in [2.05, 4.69) is 20.5 Å². The third kappa shape index (κ3) is 4.66. The van der Waals surface area contributed by atoms with Gasteiger partial charge in [0.25, 0.3) is 0 Å². The minimum atomic E-state index is 0.0846. The number of furan rings is 1. The first kappa shape index (κ1) is 15.7. The van der Waals surface area contributed by atoms with Gasteiger partial charge < -0.3 is 14.5 Å². The highest BCUT2D eigenvalue weighted by Crippen LogP contribution is 2.18. The van der Waals surface area contributed by atoms with Gasteiger partial charge >= 0.3 is 0 Å². The fraction of sp³-hybridized carbons (Fsp3) is 0.562. The van der Waals surface area contributed by atoms with Gasteiger partial charge in [0.2, 0.25) is 11.7 Å². The van der Waals surface area contributed by atoms with Crippen LogP contribution in [0.3, 0.4) is 0 Å². The second-order valence-electron chi connectivity index (χ2n) is 5.80. The molecule has 0 aliphatic carbocycles. The molecule has 1 amide bonds. The molecule has 23 heavy (non-hydrogen) atoms. The van der Waals surface area contributed by atoms with Gasteiger partial charge in [-0.1, -0.05) is 0 Å². The molecular formula is C16H22N4O3. The van der Waals surface area contributed by atoms with E-state index in [0.717, 1.165) is 31.9 Å². The molecule has 0 radical (unpaired) electrons. The van der Waals surface area contributed by atoms with E-state index >= 15 is 0 Å². The average molecular weight is 318 g/mol. The summed E-state index contributed by atoms with van der Waals surface area (Å²) in [5.41, 5.74) is 0. The quantitative estimate of drug-likeness (QED) is 0.813. The first-order valence-corrected chi connectivity index (χ1v) is 8.11. The fourth-order valence-corrected chi connectivity index (χ4v) is 2.70. The Labute approximate surface area is 134 Å². The maximum atomic E-state index is 11.9. The summed E-state index contributed by atoms with van der Waals surface area (Å²) in [6.45, 7) is 2.20. The number of aromatic nitrogens is 3. The molecule has 0 bridgehead atoms. The lowest BCUT2D eigenvalue weighted by Crippen LogP contribution is -2.27. The van der Waals surface area contributed by atoms with Crippen LogP contribution in [0.1, 0.15) is 31.5 Å². The Kier molecular flexibility index (Phi) is 5.42. The molecule has 2 aromatic heterocycles. The highest BCUT2D eigenvalue weighted by Gasteiger charge is 2.15. The van der Waals surface area contributed by atoms with Gasteiger partial charge in [0.05, 0.1) is 6.26 Å². The Morgan fingerprint density at radius 3 is 3.22 bits per heavy atom. The molecule has 1 saturated heterocycles. The monoisotopic (exact) mass is 318 g/mol. The zero-order chi connectivity index (χ0) is 15.9. The molecule has 124 valence electrons. The van der Waals surface area contributed by atoms with Gasteiger partial charge in [-0.15, -0.1) is 0 Å². The van der Waals surface area contributed by atoms with Gasteiger partial charge in [0, 0.05) is 32.6 Å². The third-order valence-electron chi connectivity index (χ3n) is 3.99. The summed E-state index contributed by atoms with van der Waals surface area (Å²) in [5, 5.41) is 9.88. The first-order chi connectivity index (χ1) is 11.3. The smallest absolute Gasteiger partial charge is 0.220 e. The van der Waals surface area contributed by atoms with Gasteiger partial charge in [0.1, 0.15) is 5.82 Å². The van der Waals surface area contributed by atoms with E-state index in [-0.39, 0.29) is 5.91 Å². The van der Waals surface area contributed by atoms with E-state index in [4.69, 9.17) is 9.15 Å². The Morgan fingerprint density at radius 2 is 2.43 bits per heavy atom. The molecule has 1 aliphatic rings. The summed E-state index contributed by atoms with van der Waals surface area (Å²) < 4.78 is 10.7. The van der Waals surface area contributed by atoms with E-state index in [1.54, 1.807) is 12.3 Å². The van der Waals surface area contributed by atoms with Gasteiger partial charge in [-0.2, -0.15) is 5.10 Å². The maximum absolute atomic E-state index is 11.9. The number of hydrogen-bond donors (Lipinski definition) is 2. The van der Waals surface area contributed by atoms with E-state index in [1.807, 2.05) is 6.07 Å². The highest BCUT2D eigenvalue weighted by atomic mass is 16.5. The Bertz CT molecular complexity index is 603. The number of amides is 1. The summed E-state index contributed by atoms with van der Waals surface area (Å²) in [4.78, 5) is 16.2. The molecule has 7 nitrogen and oxygen atoms in total. The Balaban J connectivity index is 1.35. The van der Waals surface area contributed by atoms with Crippen molar-refractivity contribution in [1.29, 1.82) is 0 Å².